The third-order valence-corrected chi connectivity index (χ3v) is 4.15. The average Bonchev–Trinajstić information content (AvgIpc) is 3.14. The molecule has 1 aliphatic carbocycles. The summed E-state index contributed by atoms with van der Waals surface area (Å²) in [4.78, 5) is 11.7. The molecule has 1 saturated carbocycles. The molecule has 22 heavy (non-hydrogen) atoms. The molecule has 3 rings (SSSR count). The molecule has 1 aromatic carbocycles. The summed E-state index contributed by atoms with van der Waals surface area (Å²) in [7, 11) is 0. The summed E-state index contributed by atoms with van der Waals surface area (Å²) in [5.41, 5.74) is -3.29. The summed E-state index contributed by atoms with van der Waals surface area (Å²) < 4.78 is 41.4. The Morgan fingerprint density at radius 1 is 1.27 bits per heavy atom. The maximum atomic E-state index is 13.8. The molecule has 0 bridgehead atoms. The predicted octanol–water partition coefficient (Wildman–Crippen LogP) is 4.04. The van der Waals surface area contributed by atoms with Crippen molar-refractivity contribution < 1.29 is 18.0 Å². The van der Waals surface area contributed by atoms with Crippen LogP contribution in [0.4, 0.5) is 23.7 Å². The lowest BCUT2D eigenvalue weighted by Gasteiger charge is -2.37. The highest BCUT2D eigenvalue weighted by Gasteiger charge is 2.59. The van der Waals surface area contributed by atoms with Crippen molar-refractivity contribution in [2.75, 3.05) is 5.32 Å². The molecule has 3 nitrogen and oxygen atoms in total. The number of anilines is 1. The Kier molecular flexibility index (Phi) is 3.12. The van der Waals surface area contributed by atoms with Gasteiger partial charge in [0.15, 0.2) is 0 Å². The zero-order valence-corrected chi connectivity index (χ0v) is 12.3. The van der Waals surface area contributed by atoms with E-state index in [9.17, 15) is 18.0 Å². The summed E-state index contributed by atoms with van der Waals surface area (Å²) >= 11 is 5.84. The van der Waals surface area contributed by atoms with E-state index in [1.807, 2.05) is 5.32 Å². The standard InChI is InChI=1S/C15H12ClF3N2O/c1-13(4-5-13)6-7-14(15(17,18)19)10-8-9(16)2-3-11(10)20-12(22)21-14/h2-3,8H,4-5H2,1H3,(H2,20,21,22). The van der Waals surface area contributed by atoms with Gasteiger partial charge in [0.25, 0.3) is 0 Å². The maximum absolute atomic E-state index is 13.8. The first-order valence-corrected chi connectivity index (χ1v) is 7.03. The fourth-order valence-corrected chi connectivity index (χ4v) is 2.45. The van der Waals surface area contributed by atoms with Gasteiger partial charge in [-0.05, 0) is 38.0 Å². The van der Waals surface area contributed by atoms with Crippen LogP contribution >= 0.6 is 11.6 Å². The van der Waals surface area contributed by atoms with E-state index in [0.717, 1.165) is 12.8 Å². The zero-order chi connectivity index (χ0) is 16.2. The Morgan fingerprint density at radius 3 is 2.55 bits per heavy atom. The van der Waals surface area contributed by atoms with Gasteiger partial charge >= 0.3 is 12.2 Å². The fraction of sp³-hybridized carbons (Fsp3) is 0.400. The molecule has 2 N–H and O–H groups in total. The van der Waals surface area contributed by atoms with Crippen molar-refractivity contribution in [1.29, 1.82) is 0 Å². The number of fused-ring (bicyclic) bond motifs is 1. The second kappa shape index (κ2) is 4.56. The molecule has 1 aliphatic heterocycles. The molecule has 116 valence electrons. The molecular formula is C15H12ClF3N2O. The van der Waals surface area contributed by atoms with Crippen LogP contribution in [0, 0.1) is 17.3 Å². The summed E-state index contributed by atoms with van der Waals surface area (Å²) in [6.07, 6.45) is -3.27. The third kappa shape index (κ3) is 2.40. The lowest BCUT2D eigenvalue weighted by Crippen LogP contribution is -2.59. The Bertz CT molecular complexity index is 716. The van der Waals surface area contributed by atoms with Crippen molar-refractivity contribution in [3.8, 4) is 11.8 Å². The molecule has 1 aromatic rings. The van der Waals surface area contributed by atoms with E-state index < -0.39 is 23.2 Å². The molecule has 7 heteroatoms. The number of rotatable bonds is 0. The average molecular weight is 329 g/mol. The van der Waals surface area contributed by atoms with Crippen molar-refractivity contribution in [2.45, 2.75) is 31.5 Å². The van der Waals surface area contributed by atoms with E-state index in [1.165, 1.54) is 18.2 Å². The Balaban J connectivity index is 2.23. The van der Waals surface area contributed by atoms with Crippen LogP contribution in [0.25, 0.3) is 0 Å². The van der Waals surface area contributed by atoms with E-state index in [0.29, 0.717) is 0 Å². The van der Waals surface area contributed by atoms with Gasteiger partial charge in [0, 0.05) is 21.7 Å². The quantitative estimate of drug-likeness (QED) is 0.693. The van der Waals surface area contributed by atoms with Crippen molar-refractivity contribution >= 4 is 23.3 Å². The van der Waals surface area contributed by atoms with Gasteiger partial charge in [0.05, 0.1) is 0 Å². The van der Waals surface area contributed by atoms with E-state index >= 15 is 0 Å². The second-order valence-electron chi connectivity index (χ2n) is 5.83. The molecule has 0 radical (unpaired) electrons. The highest BCUT2D eigenvalue weighted by Crippen LogP contribution is 2.47. The van der Waals surface area contributed by atoms with Crippen molar-refractivity contribution in [2.24, 2.45) is 5.41 Å². The largest absolute Gasteiger partial charge is 0.427 e. The molecule has 1 unspecified atom stereocenters. The van der Waals surface area contributed by atoms with Crippen molar-refractivity contribution in [1.82, 2.24) is 5.32 Å². The topological polar surface area (TPSA) is 41.1 Å². The van der Waals surface area contributed by atoms with Gasteiger partial charge in [-0.2, -0.15) is 13.2 Å². The van der Waals surface area contributed by atoms with Crippen LogP contribution < -0.4 is 10.6 Å². The zero-order valence-electron chi connectivity index (χ0n) is 11.6. The highest BCUT2D eigenvalue weighted by atomic mass is 35.5. The number of nitrogens with one attached hydrogen (secondary N) is 2. The molecule has 2 amide bonds. The van der Waals surface area contributed by atoms with Gasteiger partial charge < -0.3 is 10.6 Å². The van der Waals surface area contributed by atoms with Crippen LogP contribution in [0.5, 0.6) is 0 Å². The van der Waals surface area contributed by atoms with Gasteiger partial charge in [-0.3, -0.25) is 0 Å². The predicted molar refractivity (Wildman–Crippen MR) is 76.5 cm³/mol. The van der Waals surface area contributed by atoms with Crippen LogP contribution in [-0.2, 0) is 5.54 Å². The number of urea groups is 1. The minimum absolute atomic E-state index is 0.0562. The number of carbonyl (C=O) groups is 1. The number of alkyl halides is 3. The minimum Gasteiger partial charge on any atom is -0.310 e. The first-order valence-electron chi connectivity index (χ1n) is 6.66. The number of hydrogen-bond donors (Lipinski definition) is 2. The smallest absolute Gasteiger partial charge is 0.310 e. The number of hydrogen-bond acceptors (Lipinski definition) is 1. The normalized spacial score (nSPS) is 25.2. The summed E-state index contributed by atoms with van der Waals surface area (Å²) in [6, 6.07) is 3.00. The SMILES string of the molecule is CC1(C#CC2(C(F)(F)F)NC(=O)Nc3ccc(Cl)cc32)CC1. The number of amides is 2. The monoisotopic (exact) mass is 328 g/mol. The Morgan fingerprint density at radius 2 is 1.95 bits per heavy atom. The summed E-state index contributed by atoms with van der Waals surface area (Å²) in [6.45, 7) is 1.80. The minimum atomic E-state index is -4.78. The summed E-state index contributed by atoms with van der Waals surface area (Å²) in [5.74, 6) is 4.96. The number of halogens is 4. The van der Waals surface area contributed by atoms with Gasteiger partial charge in [0.1, 0.15) is 0 Å². The number of carbonyl (C=O) groups excluding carboxylic acids is 1. The Labute approximate surface area is 130 Å². The Hall–Kier alpha value is -1.87. The van der Waals surface area contributed by atoms with Crippen LogP contribution in [0.3, 0.4) is 0 Å². The second-order valence-corrected chi connectivity index (χ2v) is 6.26. The van der Waals surface area contributed by atoms with Gasteiger partial charge in [-0.15, -0.1) is 0 Å². The first-order chi connectivity index (χ1) is 10.2. The van der Waals surface area contributed by atoms with Gasteiger partial charge in [-0.25, -0.2) is 4.79 Å². The van der Waals surface area contributed by atoms with Crippen LogP contribution in [0.2, 0.25) is 5.02 Å². The van der Waals surface area contributed by atoms with Gasteiger partial charge in [0.2, 0.25) is 5.54 Å². The van der Waals surface area contributed by atoms with E-state index in [4.69, 9.17) is 11.6 Å². The molecule has 0 aromatic heterocycles. The molecule has 0 spiro atoms. The first kappa shape index (κ1) is 15.0. The molecule has 1 atom stereocenters. The fourth-order valence-electron chi connectivity index (χ4n) is 2.28. The van der Waals surface area contributed by atoms with E-state index in [2.05, 4.69) is 17.2 Å². The van der Waals surface area contributed by atoms with Crippen molar-refractivity contribution in [3.63, 3.8) is 0 Å². The van der Waals surface area contributed by atoms with E-state index in [-0.39, 0.29) is 16.3 Å². The highest BCUT2D eigenvalue weighted by molar-refractivity contribution is 6.30. The maximum Gasteiger partial charge on any atom is 0.427 e. The molecular weight excluding hydrogens is 317 g/mol. The molecule has 1 fully saturated rings. The lowest BCUT2D eigenvalue weighted by molar-refractivity contribution is -0.178. The van der Waals surface area contributed by atoms with Crippen LogP contribution in [-0.4, -0.2) is 12.2 Å². The van der Waals surface area contributed by atoms with E-state index in [1.54, 1.807) is 6.92 Å². The number of benzene rings is 1. The van der Waals surface area contributed by atoms with Crippen LogP contribution in [0.15, 0.2) is 18.2 Å². The molecule has 1 heterocycles. The molecule has 2 aliphatic rings. The molecule has 0 saturated heterocycles. The summed E-state index contributed by atoms with van der Waals surface area (Å²) in [5, 5.41) is 4.44. The van der Waals surface area contributed by atoms with Gasteiger partial charge in [-0.1, -0.05) is 23.4 Å². The third-order valence-electron chi connectivity index (χ3n) is 3.91. The lowest BCUT2D eigenvalue weighted by atomic mass is 9.86. The van der Waals surface area contributed by atoms with Crippen LogP contribution in [0.1, 0.15) is 25.3 Å². The van der Waals surface area contributed by atoms with Crippen molar-refractivity contribution in [3.05, 3.63) is 28.8 Å².